The molecule has 1 saturated heterocycles. The number of pyridine rings is 1. The van der Waals surface area contributed by atoms with Gasteiger partial charge in [0.05, 0.1) is 24.7 Å². The monoisotopic (exact) mass is 365 g/mol. The molecular formula is C16H23N5O3S. The smallest absolute Gasteiger partial charge is 0.242 e. The molecule has 8 nitrogen and oxygen atoms in total. The highest BCUT2D eigenvalue weighted by Gasteiger charge is 2.26. The third kappa shape index (κ3) is 4.29. The number of aromatic nitrogens is 3. The van der Waals surface area contributed by atoms with Crippen LogP contribution in [0.4, 0.5) is 5.69 Å². The first-order valence-corrected chi connectivity index (χ1v) is 9.81. The first-order chi connectivity index (χ1) is 12.0. The Labute approximate surface area is 147 Å². The van der Waals surface area contributed by atoms with Crippen LogP contribution in [-0.4, -0.2) is 48.9 Å². The summed E-state index contributed by atoms with van der Waals surface area (Å²) >= 11 is 0. The van der Waals surface area contributed by atoms with Gasteiger partial charge in [0.1, 0.15) is 4.90 Å². The lowest BCUT2D eigenvalue weighted by atomic mass is 10.1. The second-order valence-electron chi connectivity index (χ2n) is 6.04. The van der Waals surface area contributed by atoms with Crippen LogP contribution in [0, 0.1) is 0 Å². The van der Waals surface area contributed by atoms with Crippen molar-refractivity contribution in [2.24, 2.45) is 7.05 Å². The van der Waals surface area contributed by atoms with Crippen molar-refractivity contribution in [3.05, 3.63) is 30.7 Å². The Kier molecular flexibility index (Phi) is 5.24. The van der Waals surface area contributed by atoms with Crippen molar-refractivity contribution in [3.63, 3.8) is 0 Å². The average Bonchev–Trinajstić information content (AvgIpc) is 3.02. The number of nitrogens with one attached hydrogen (secondary N) is 1. The van der Waals surface area contributed by atoms with Crippen molar-refractivity contribution < 1.29 is 13.2 Å². The summed E-state index contributed by atoms with van der Waals surface area (Å²) in [6, 6.07) is 2.94. The topological polar surface area (TPSA) is 89.4 Å². The maximum Gasteiger partial charge on any atom is 0.242 e. The molecule has 1 aliphatic rings. The van der Waals surface area contributed by atoms with E-state index in [0.29, 0.717) is 19.0 Å². The van der Waals surface area contributed by atoms with Gasteiger partial charge in [-0.2, -0.15) is 5.10 Å². The van der Waals surface area contributed by atoms with Crippen molar-refractivity contribution >= 4 is 15.7 Å². The summed E-state index contributed by atoms with van der Waals surface area (Å²) in [6.45, 7) is 3.86. The fourth-order valence-corrected chi connectivity index (χ4v) is 4.13. The number of ether oxygens (including phenoxy) is 1. The zero-order valence-electron chi connectivity index (χ0n) is 14.4. The zero-order valence-corrected chi connectivity index (χ0v) is 15.2. The largest absolute Gasteiger partial charge is 0.478 e. The van der Waals surface area contributed by atoms with Gasteiger partial charge in [-0.3, -0.25) is 4.68 Å². The number of hydrogen-bond acceptors (Lipinski definition) is 6. The second kappa shape index (κ2) is 7.40. The van der Waals surface area contributed by atoms with Gasteiger partial charge in [-0.05, 0) is 25.8 Å². The van der Waals surface area contributed by atoms with Crippen molar-refractivity contribution in [1.82, 2.24) is 19.5 Å². The van der Waals surface area contributed by atoms with E-state index in [-0.39, 0.29) is 10.9 Å². The highest BCUT2D eigenvalue weighted by Crippen LogP contribution is 2.20. The Bertz CT molecular complexity index is 803. The average molecular weight is 365 g/mol. The molecule has 3 heterocycles. The molecule has 9 heteroatoms. The number of sulfonamides is 1. The first kappa shape index (κ1) is 17.7. The lowest BCUT2D eigenvalue weighted by molar-refractivity contribution is 0.326. The van der Waals surface area contributed by atoms with E-state index in [2.05, 4.69) is 19.7 Å². The molecule has 25 heavy (non-hydrogen) atoms. The number of hydrogen-bond donors (Lipinski definition) is 1. The van der Waals surface area contributed by atoms with E-state index >= 15 is 0 Å². The molecular weight excluding hydrogens is 342 g/mol. The van der Waals surface area contributed by atoms with E-state index in [1.807, 2.05) is 20.2 Å². The van der Waals surface area contributed by atoms with Crippen LogP contribution in [0.1, 0.15) is 19.8 Å². The zero-order chi connectivity index (χ0) is 17.9. The summed E-state index contributed by atoms with van der Waals surface area (Å²) in [7, 11) is -1.74. The molecule has 0 amide bonds. The van der Waals surface area contributed by atoms with Crippen molar-refractivity contribution in [1.29, 1.82) is 0 Å². The van der Waals surface area contributed by atoms with Crippen LogP contribution in [0.3, 0.4) is 0 Å². The molecule has 2 aromatic heterocycles. The fourth-order valence-electron chi connectivity index (χ4n) is 2.93. The van der Waals surface area contributed by atoms with Crippen molar-refractivity contribution in [2.45, 2.75) is 30.7 Å². The Balaban J connectivity index is 1.67. The number of rotatable bonds is 6. The Morgan fingerprint density at radius 3 is 2.84 bits per heavy atom. The highest BCUT2D eigenvalue weighted by molar-refractivity contribution is 7.89. The molecule has 0 bridgehead atoms. The molecule has 1 atom stereocenters. The summed E-state index contributed by atoms with van der Waals surface area (Å²) in [5.41, 5.74) is 1.01. The number of aryl methyl sites for hydroxylation is 1. The molecule has 136 valence electrons. The molecule has 0 aliphatic carbocycles. The minimum atomic E-state index is -3.61. The minimum absolute atomic E-state index is 0.148. The van der Waals surface area contributed by atoms with E-state index in [1.54, 1.807) is 16.9 Å². The summed E-state index contributed by atoms with van der Waals surface area (Å²) in [5, 5.41) is 4.18. The SMILES string of the molecule is CCOc1ccc(S(=O)(=O)NC2CCCN(c3cnn(C)c3)C2)cn1. The summed E-state index contributed by atoms with van der Waals surface area (Å²) in [4.78, 5) is 6.33. The van der Waals surface area contributed by atoms with Gasteiger partial charge in [-0.25, -0.2) is 18.1 Å². The lowest BCUT2D eigenvalue weighted by Gasteiger charge is -2.33. The third-order valence-electron chi connectivity index (χ3n) is 4.11. The molecule has 0 spiro atoms. The lowest BCUT2D eigenvalue weighted by Crippen LogP contribution is -2.47. The Hall–Kier alpha value is -2.13. The van der Waals surface area contributed by atoms with Gasteiger partial charge in [0, 0.05) is 38.4 Å². The molecule has 1 aliphatic heterocycles. The maximum absolute atomic E-state index is 12.6. The third-order valence-corrected chi connectivity index (χ3v) is 5.62. The van der Waals surface area contributed by atoms with Gasteiger partial charge in [0.25, 0.3) is 0 Å². The summed E-state index contributed by atoms with van der Waals surface area (Å²) < 4.78 is 35.0. The van der Waals surface area contributed by atoms with E-state index in [1.165, 1.54) is 12.3 Å². The standard InChI is InChI=1S/C16H23N5O3S/c1-3-24-16-7-6-15(10-17-16)25(22,23)19-13-5-4-8-21(11-13)14-9-18-20(2)12-14/h6-7,9-10,12-13,19H,3-5,8,11H2,1-2H3. The Morgan fingerprint density at radius 2 is 2.20 bits per heavy atom. The van der Waals surface area contributed by atoms with Crippen LogP contribution in [0.5, 0.6) is 5.88 Å². The molecule has 1 fully saturated rings. The van der Waals surface area contributed by atoms with Gasteiger partial charge in [-0.15, -0.1) is 0 Å². The van der Waals surface area contributed by atoms with Gasteiger partial charge >= 0.3 is 0 Å². The quantitative estimate of drug-likeness (QED) is 0.826. The van der Waals surface area contributed by atoms with Crippen LogP contribution in [0.15, 0.2) is 35.6 Å². The minimum Gasteiger partial charge on any atom is -0.478 e. The molecule has 0 radical (unpaired) electrons. The first-order valence-electron chi connectivity index (χ1n) is 8.32. The molecule has 0 aromatic carbocycles. The molecule has 1 unspecified atom stereocenters. The predicted molar refractivity (Wildman–Crippen MR) is 94.2 cm³/mol. The molecule has 0 saturated carbocycles. The number of piperidine rings is 1. The number of anilines is 1. The van der Waals surface area contributed by atoms with Crippen LogP contribution < -0.4 is 14.4 Å². The molecule has 2 aromatic rings. The highest BCUT2D eigenvalue weighted by atomic mass is 32.2. The predicted octanol–water partition coefficient (Wildman–Crippen LogP) is 1.16. The second-order valence-corrected chi connectivity index (χ2v) is 7.76. The normalized spacial score (nSPS) is 18.3. The van der Waals surface area contributed by atoms with Gasteiger partial charge in [-0.1, -0.05) is 0 Å². The van der Waals surface area contributed by atoms with Gasteiger partial charge in [0.15, 0.2) is 0 Å². The van der Waals surface area contributed by atoms with Gasteiger partial charge in [0.2, 0.25) is 15.9 Å². The van der Waals surface area contributed by atoms with Crippen LogP contribution in [0.2, 0.25) is 0 Å². The summed E-state index contributed by atoms with van der Waals surface area (Å²) in [6.07, 6.45) is 6.79. The van der Waals surface area contributed by atoms with Crippen LogP contribution >= 0.6 is 0 Å². The molecule has 1 N–H and O–H groups in total. The van der Waals surface area contributed by atoms with E-state index < -0.39 is 10.0 Å². The van der Waals surface area contributed by atoms with E-state index in [9.17, 15) is 8.42 Å². The molecule has 3 rings (SSSR count). The van der Waals surface area contributed by atoms with Crippen LogP contribution in [0.25, 0.3) is 0 Å². The van der Waals surface area contributed by atoms with Crippen molar-refractivity contribution in [2.75, 3.05) is 24.6 Å². The Morgan fingerprint density at radius 1 is 1.36 bits per heavy atom. The maximum atomic E-state index is 12.6. The van der Waals surface area contributed by atoms with Crippen LogP contribution in [-0.2, 0) is 17.1 Å². The fraction of sp³-hybridized carbons (Fsp3) is 0.500. The number of nitrogens with zero attached hydrogens (tertiary/aromatic N) is 4. The summed E-state index contributed by atoms with van der Waals surface area (Å²) in [5.74, 6) is 0.418. The van der Waals surface area contributed by atoms with E-state index in [0.717, 1.165) is 25.1 Å². The van der Waals surface area contributed by atoms with E-state index in [4.69, 9.17) is 4.74 Å². The van der Waals surface area contributed by atoms with Gasteiger partial charge < -0.3 is 9.64 Å². The van der Waals surface area contributed by atoms with Crippen molar-refractivity contribution in [3.8, 4) is 5.88 Å².